The van der Waals surface area contributed by atoms with Crippen LogP contribution in [0.5, 0.6) is 0 Å². The predicted octanol–water partition coefficient (Wildman–Crippen LogP) is 4.10. The van der Waals surface area contributed by atoms with Gasteiger partial charge in [0.25, 0.3) is 5.69 Å². The molecule has 4 atom stereocenters. The molecule has 1 aromatic rings. The Morgan fingerprint density at radius 1 is 1.24 bits per heavy atom. The molecule has 4 rings (SSSR count). The van der Waals surface area contributed by atoms with E-state index >= 15 is 0 Å². The highest BCUT2D eigenvalue weighted by atomic mass is 16.6. The Labute approximate surface area is 145 Å². The number of carboxylic acids is 1. The molecular formula is C19H20N2O4. The van der Waals surface area contributed by atoms with E-state index in [-0.39, 0.29) is 29.1 Å². The fourth-order valence-corrected chi connectivity index (χ4v) is 4.68. The van der Waals surface area contributed by atoms with E-state index in [0.717, 1.165) is 25.7 Å². The zero-order chi connectivity index (χ0) is 17.6. The van der Waals surface area contributed by atoms with E-state index in [9.17, 15) is 20.0 Å². The first-order valence-corrected chi connectivity index (χ1v) is 8.70. The number of hydrogen-bond donors (Lipinski definition) is 2. The number of hydrogen-bond acceptors (Lipinski definition) is 4. The summed E-state index contributed by atoms with van der Waals surface area (Å²) in [5, 5.41) is 24.5. The second-order valence-electron chi connectivity index (χ2n) is 7.05. The lowest BCUT2D eigenvalue weighted by molar-refractivity contribution is -0.385. The van der Waals surface area contributed by atoms with Gasteiger partial charge in [-0.15, -0.1) is 0 Å². The number of anilines is 1. The second-order valence-corrected chi connectivity index (χ2v) is 7.05. The smallest absolute Gasteiger partial charge is 0.337 e. The maximum absolute atomic E-state index is 11.7. The van der Waals surface area contributed by atoms with Gasteiger partial charge in [0.1, 0.15) is 0 Å². The van der Waals surface area contributed by atoms with Gasteiger partial charge in [-0.05, 0) is 43.6 Å². The molecule has 1 aliphatic heterocycles. The maximum atomic E-state index is 11.7. The molecule has 2 N–H and O–H groups in total. The van der Waals surface area contributed by atoms with Crippen LogP contribution in [0.25, 0.3) is 0 Å². The lowest BCUT2D eigenvalue weighted by atomic mass is 9.71. The molecule has 2 aliphatic carbocycles. The van der Waals surface area contributed by atoms with Crippen LogP contribution in [-0.2, 0) is 0 Å². The van der Waals surface area contributed by atoms with Gasteiger partial charge < -0.3 is 10.4 Å². The van der Waals surface area contributed by atoms with Crippen LogP contribution >= 0.6 is 0 Å². The van der Waals surface area contributed by atoms with E-state index < -0.39 is 10.9 Å². The number of allylic oxidation sites excluding steroid dienone is 4. The molecule has 130 valence electrons. The number of fused-ring (bicyclic) bond motifs is 3. The number of benzene rings is 1. The maximum Gasteiger partial charge on any atom is 0.337 e. The molecule has 0 unspecified atom stereocenters. The minimum Gasteiger partial charge on any atom is -0.478 e. The number of carboxylic acid groups (broad SMARTS) is 1. The summed E-state index contributed by atoms with van der Waals surface area (Å²) < 4.78 is 0. The van der Waals surface area contributed by atoms with Crippen LogP contribution < -0.4 is 5.32 Å². The Morgan fingerprint density at radius 2 is 2.08 bits per heavy atom. The average Bonchev–Trinajstić information content (AvgIpc) is 3.10. The summed E-state index contributed by atoms with van der Waals surface area (Å²) in [4.78, 5) is 22.8. The topological polar surface area (TPSA) is 92.5 Å². The Kier molecular flexibility index (Phi) is 3.82. The van der Waals surface area contributed by atoms with Crippen molar-refractivity contribution in [2.24, 2.45) is 11.8 Å². The van der Waals surface area contributed by atoms with Crippen molar-refractivity contribution in [2.45, 2.75) is 37.6 Å². The molecule has 0 saturated heterocycles. The quantitative estimate of drug-likeness (QED) is 0.491. The fourth-order valence-electron chi connectivity index (χ4n) is 4.68. The molecule has 25 heavy (non-hydrogen) atoms. The van der Waals surface area contributed by atoms with E-state index in [1.165, 1.54) is 12.1 Å². The summed E-state index contributed by atoms with van der Waals surface area (Å²) in [7, 11) is 0. The third-order valence-electron chi connectivity index (χ3n) is 5.79. The minimum atomic E-state index is -1.05. The number of aromatic carboxylic acids is 1. The van der Waals surface area contributed by atoms with E-state index in [1.807, 2.05) is 6.08 Å². The molecule has 0 radical (unpaired) electrons. The van der Waals surface area contributed by atoms with Gasteiger partial charge >= 0.3 is 5.97 Å². The molecule has 3 aliphatic rings. The van der Waals surface area contributed by atoms with E-state index in [0.29, 0.717) is 17.2 Å². The molecule has 0 spiro atoms. The highest BCUT2D eigenvalue weighted by Crippen LogP contribution is 2.51. The Hall–Kier alpha value is -2.63. The van der Waals surface area contributed by atoms with E-state index in [4.69, 9.17) is 0 Å². The van der Waals surface area contributed by atoms with Crippen LogP contribution in [-0.4, -0.2) is 22.0 Å². The van der Waals surface area contributed by atoms with E-state index in [2.05, 4.69) is 23.5 Å². The number of rotatable bonds is 3. The molecule has 0 aromatic heterocycles. The van der Waals surface area contributed by atoms with Crippen molar-refractivity contribution in [3.8, 4) is 0 Å². The molecule has 0 fully saturated rings. The van der Waals surface area contributed by atoms with Crippen LogP contribution in [0, 0.1) is 22.0 Å². The van der Waals surface area contributed by atoms with Gasteiger partial charge in [-0.1, -0.05) is 24.3 Å². The first kappa shape index (κ1) is 15.9. The Balaban J connectivity index is 1.85. The van der Waals surface area contributed by atoms with Gasteiger partial charge in [0.2, 0.25) is 0 Å². The Morgan fingerprint density at radius 3 is 2.76 bits per heavy atom. The Bertz CT molecular complexity index is 799. The van der Waals surface area contributed by atoms with Crippen molar-refractivity contribution in [1.29, 1.82) is 0 Å². The average molecular weight is 340 g/mol. The van der Waals surface area contributed by atoms with Crippen LogP contribution in [0.1, 0.15) is 47.5 Å². The predicted molar refractivity (Wildman–Crippen MR) is 93.9 cm³/mol. The minimum absolute atomic E-state index is 0.0102. The number of nitrogens with zero attached hydrogens (tertiary/aromatic N) is 1. The molecule has 0 amide bonds. The summed E-state index contributed by atoms with van der Waals surface area (Å²) in [6.45, 7) is 0. The number of carbonyl (C=O) groups is 1. The second kappa shape index (κ2) is 6.02. The van der Waals surface area contributed by atoms with Gasteiger partial charge in [0, 0.05) is 18.0 Å². The van der Waals surface area contributed by atoms with Crippen molar-refractivity contribution in [3.63, 3.8) is 0 Å². The molecule has 6 nitrogen and oxygen atoms in total. The van der Waals surface area contributed by atoms with Gasteiger partial charge in [-0.25, -0.2) is 4.79 Å². The summed E-state index contributed by atoms with van der Waals surface area (Å²) in [5.41, 5.74) is 1.10. The SMILES string of the molecule is O=C(O)c1ccc([N+](=O)[O-])c2c1N[C@H]([C@H]1CC=CCC1)[C@H]1CC=C[C@H]21. The largest absolute Gasteiger partial charge is 0.478 e. The van der Waals surface area contributed by atoms with Crippen molar-refractivity contribution < 1.29 is 14.8 Å². The van der Waals surface area contributed by atoms with Crippen molar-refractivity contribution in [2.75, 3.05) is 5.32 Å². The molecular weight excluding hydrogens is 320 g/mol. The van der Waals surface area contributed by atoms with Crippen molar-refractivity contribution in [1.82, 2.24) is 0 Å². The summed E-state index contributed by atoms with van der Waals surface area (Å²) in [6.07, 6.45) is 12.4. The third-order valence-corrected chi connectivity index (χ3v) is 5.79. The van der Waals surface area contributed by atoms with Crippen LogP contribution in [0.2, 0.25) is 0 Å². The molecule has 0 saturated carbocycles. The number of nitro groups is 1. The summed E-state index contributed by atoms with van der Waals surface area (Å²) in [5.74, 6) is -0.480. The summed E-state index contributed by atoms with van der Waals surface area (Å²) >= 11 is 0. The number of nitrogens with one attached hydrogen (secondary N) is 1. The first-order chi connectivity index (χ1) is 12.1. The monoisotopic (exact) mass is 340 g/mol. The standard InChI is InChI=1S/C19H20N2O4/c22-19(23)14-9-10-15(21(24)25)16-12-7-4-8-13(12)17(20-18(14)16)11-5-2-1-3-6-11/h1-2,4,7,9-13,17,20H,3,5-6,8H2,(H,22,23)/t11-,12-,13-,17+/m0/s1. The van der Waals surface area contributed by atoms with Crippen LogP contribution in [0.15, 0.2) is 36.4 Å². The highest BCUT2D eigenvalue weighted by molar-refractivity contribution is 5.97. The molecule has 0 bridgehead atoms. The molecule has 6 heteroatoms. The normalized spacial score (nSPS) is 29.6. The van der Waals surface area contributed by atoms with Gasteiger partial charge in [-0.2, -0.15) is 0 Å². The van der Waals surface area contributed by atoms with Crippen molar-refractivity contribution in [3.05, 3.63) is 57.7 Å². The fraction of sp³-hybridized carbons (Fsp3) is 0.421. The first-order valence-electron chi connectivity index (χ1n) is 8.70. The lowest BCUT2D eigenvalue weighted by Gasteiger charge is -2.42. The number of nitro benzene ring substituents is 1. The lowest BCUT2D eigenvalue weighted by Crippen LogP contribution is -2.42. The van der Waals surface area contributed by atoms with Gasteiger partial charge in [-0.3, -0.25) is 10.1 Å². The highest BCUT2D eigenvalue weighted by Gasteiger charge is 2.44. The third kappa shape index (κ3) is 2.52. The van der Waals surface area contributed by atoms with Crippen molar-refractivity contribution >= 4 is 17.3 Å². The van der Waals surface area contributed by atoms with Crippen LogP contribution in [0.4, 0.5) is 11.4 Å². The van der Waals surface area contributed by atoms with E-state index in [1.54, 1.807) is 0 Å². The zero-order valence-corrected chi connectivity index (χ0v) is 13.7. The summed E-state index contributed by atoms with van der Waals surface area (Å²) in [6, 6.07) is 2.82. The zero-order valence-electron chi connectivity index (χ0n) is 13.7. The van der Waals surface area contributed by atoms with Gasteiger partial charge in [0.15, 0.2) is 0 Å². The molecule has 1 aromatic carbocycles. The molecule has 1 heterocycles. The van der Waals surface area contributed by atoms with Gasteiger partial charge in [0.05, 0.1) is 21.7 Å². The van der Waals surface area contributed by atoms with Crippen LogP contribution in [0.3, 0.4) is 0 Å².